The van der Waals surface area contributed by atoms with E-state index in [9.17, 15) is 8.78 Å². The van der Waals surface area contributed by atoms with Gasteiger partial charge in [0.25, 0.3) is 0 Å². The van der Waals surface area contributed by atoms with Crippen LogP contribution in [0.2, 0.25) is 0 Å². The number of ether oxygens (including phenoxy) is 1. The van der Waals surface area contributed by atoms with E-state index in [1.165, 1.54) is 12.1 Å². The Hall–Kier alpha value is -1.42. The zero-order valence-electron chi connectivity index (χ0n) is 9.17. The summed E-state index contributed by atoms with van der Waals surface area (Å²) in [5, 5.41) is 0. The van der Waals surface area contributed by atoms with Gasteiger partial charge in [-0.1, -0.05) is 12.2 Å². The zero-order valence-corrected chi connectivity index (χ0v) is 9.17. The van der Waals surface area contributed by atoms with E-state index in [0.717, 1.165) is 0 Å². The van der Waals surface area contributed by atoms with Gasteiger partial charge in [-0.2, -0.15) is 0 Å². The lowest BCUT2D eigenvalue weighted by molar-refractivity contribution is 0.320. The lowest BCUT2D eigenvalue weighted by Gasteiger charge is -2.08. The Morgan fingerprint density at radius 2 is 1.94 bits per heavy atom. The monoisotopic (exact) mass is 227 g/mol. The Bertz CT molecular complexity index is 354. The van der Waals surface area contributed by atoms with Gasteiger partial charge in [0.1, 0.15) is 6.61 Å². The fraction of sp³-hybridized carbons (Fsp3) is 0.333. The lowest BCUT2D eigenvalue weighted by atomic mass is 10.1. The smallest absolute Gasteiger partial charge is 0.191 e. The SMILES string of the molecule is CC=CCOc1c(F)cc(CCN)cc1F. The van der Waals surface area contributed by atoms with E-state index in [2.05, 4.69) is 0 Å². The van der Waals surface area contributed by atoms with E-state index in [-0.39, 0.29) is 12.4 Å². The summed E-state index contributed by atoms with van der Waals surface area (Å²) >= 11 is 0. The Labute approximate surface area is 93.7 Å². The van der Waals surface area contributed by atoms with Crippen LogP contribution in [0.4, 0.5) is 8.78 Å². The van der Waals surface area contributed by atoms with Crippen molar-refractivity contribution in [3.63, 3.8) is 0 Å². The molecule has 4 heteroatoms. The van der Waals surface area contributed by atoms with Crippen LogP contribution < -0.4 is 10.5 Å². The van der Waals surface area contributed by atoms with Crippen LogP contribution in [-0.4, -0.2) is 13.2 Å². The number of hydrogen-bond acceptors (Lipinski definition) is 2. The highest BCUT2D eigenvalue weighted by Crippen LogP contribution is 2.23. The Balaban J connectivity index is 2.84. The standard InChI is InChI=1S/C12H15F2NO/c1-2-3-6-16-12-10(13)7-9(4-5-15)8-11(12)14/h2-3,7-8H,4-6,15H2,1H3. The van der Waals surface area contributed by atoms with Gasteiger partial charge in [-0.05, 0) is 37.6 Å². The molecule has 16 heavy (non-hydrogen) atoms. The molecule has 0 atom stereocenters. The molecular weight excluding hydrogens is 212 g/mol. The fourth-order valence-electron chi connectivity index (χ4n) is 1.29. The number of rotatable bonds is 5. The summed E-state index contributed by atoms with van der Waals surface area (Å²) < 4.78 is 31.8. The third-order valence-electron chi connectivity index (χ3n) is 2.05. The molecule has 0 aliphatic rings. The summed E-state index contributed by atoms with van der Waals surface area (Å²) in [5.41, 5.74) is 5.85. The van der Waals surface area contributed by atoms with Crippen molar-refractivity contribution in [2.45, 2.75) is 13.3 Å². The molecular formula is C12H15F2NO. The van der Waals surface area contributed by atoms with Crippen LogP contribution in [0.1, 0.15) is 12.5 Å². The van der Waals surface area contributed by atoms with Crippen molar-refractivity contribution in [1.29, 1.82) is 0 Å². The summed E-state index contributed by atoms with van der Waals surface area (Å²) in [6.07, 6.45) is 3.87. The third kappa shape index (κ3) is 3.31. The van der Waals surface area contributed by atoms with Gasteiger partial charge in [-0.15, -0.1) is 0 Å². The van der Waals surface area contributed by atoms with Crippen molar-refractivity contribution < 1.29 is 13.5 Å². The number of allylic oxidation sites excluding steroid dienone is 1. The van der Waals surface area contributed by atoms with Gasteiger partial charge in [0.05, 0.1) is 0 Å². The number of benzene rings is 1. The van der Waals surface area contributed by atoms with Crippen molar-refractivity contribution in [3.8, 4) is 5.75 Å². The van der Waals surface area contributed by atoms with Gasteiger partial charge in [-0.3, -0.25) is 0 Å². The second-order valence-corrected chi connectivity index (χ2v) is 3.31. The number of halogens is 2. The van der Waals surface area contributed by atoms with E-state index >= 15 is 0 Å². The first-order chi connectivity index (χ1) is 7.69. The lowest BCUT2D eigenvalue weighted by Crippen LogP contribution is -2.05. The van der Waals surface area contributed by atoms with Gasteiger partial charge in [0, 0.05) is 0 Å². The predicted octanol–water partition coefficient (Wildman–Crippen LogP) is 2.42. The molecule has 0 heterocycles. The molecule has 1 rings (SSSR count). The normalized spacial score (nSPS) is 11.0. The minimum Gasteiger partial charge on any atom is -0.483 e. The van der Waals surface area contributed by atoms with Crippen molar-refractivity contribution >= 4 is 0 Å². The van der Waals surface area contributed by atoms with Crippen molar-refractivity contribution in [2.24, 2.45) is 5.73 Å². The minimum atomic E-state index is -0.687. The molecule has 0 radical (unpaired) electrons. The molecule has 1 aromatic rings. The highest BCUT2D eigenvalue weighted by atomic mass is 19.1. The van der Waals surface area contributed by atoms with E-state index in [1.54, 1.807) is 19.1 Å². The predicted molar refractivity (Wildman–Crippen MR) is 59.4 cm³/mol. The summed E-state index contributed by atoms with van der Waals surface area (Å²) in [5.74, 6) is -1.71. The van der Waals surface area contributed by atoms with E-state index in [4.69, 9.17) is 10.5 Å². The Morgan fingerprint density at radius 3 is 2.44 bits per heavy atom. The maximum Gasteiger partial charge on any atom is 0.191 e. The fourth-order valence-corrected chi connectivity index (χ4v) is 1.29. The summed E-state index contributed by atoms with van der Waals surface area (Å²) in [6.45, 7) is 2.32. The maximum atomic E-state index is 13.4. The maximum absolute atomic E-state index is 13.4. The molecule has 1 aromatic carbocycles. The Kier molecular flexibility index (Phi) is 4.92. The first-order valence-electron chi connectivity index (χ1n) is 5.11. The second-order valence-electron chi connectivity index (χ2n) is 3.31. The molecule has 0 spiro atoms. The average molecular weight is 227 g/mol. The quantitative estimate of drug-likeness (QED) is 0.784. The summed E-state index contributed by atoms with van der Waals surface area (Å²) in [7, 11) is 0. The summed E-state index contributed by atoms with van der Waals surface area (Å²) in [4.78, 5) is 0. The highest BCUT2D eigenvalue weighted by molar-refractivity contribution is 5.31. The molecule has 0 saturated carbocycles. The molecule has 0 bridgehead atoms. The topological polar surface area (TPSA) is 35.2 Å². The first kappa shape index (κ1) is 12.6. The molecule has 0 unspecified atom stereocenters. The molecule has 0 amide bonds. The zero-order chi connectivity index (χ0) is 12.0. The average Bonchev–Trinajstić information content (AvgIpc) is 2.23. The second kappa shape index (κ2) is 6.23. The van der Waals surface area contributed by atoms with E-state index < -0.39 is 11.6 Å². The molecule has 0 saturated heterocycles. The number of hydrogen-bond donors (Lipinski definition) is 1. The largest absolute Gasteiger partial charge is 0.483 e. The van der Waals surface area contributed by atoms with Gasteiger partial charge in [-0.25, -0.2) is 8.78 Å². The van der Waals surface area contributed by atoms with Crippen LogP contribution in [0.3, 0.4) is 0 Å². The minimum absolute atomic E-state index is 0.153. The van der Waals surface area contributed by atoms with Gasteiger partial charge >= 0.3 is 0 Å². The molecule has 0 aromatic heterocycles. The van der Waals surface area contributed by atoms with E-state index in [1.807, 2.05) is 0 Å². The van der Waals surface area contributed by atoms with Gasteiger partial charge in [0.15, 0.2) is 17.4 Å². The molecule has 2 nitrogen and oxygen atoms in total. The molecule has 0 aliphatic carbocycles. The molecule has 2 N–H and O–H groups in total. The molecule has 88 valence electrons. The van der Waals surface area contributed by atoms with Gasteiger partial charge in [0.2, 0.25) is 0 Å². The van der Waals surface area contributed by atoms with Crippen molar-refractivity contribution in [1.82, 2.24) is 0 Å². The number of nitrogens with two attached hydrogens (primary N) is 1. The van der Waals surface area contributed by atoms with Crippen molar-refractivity contribution in [2.75, 3.05) is 13.2 Å². The molecule has 0 fully saturated rings. The molecule has 0 aliphatic heterocycles. The van der Waals surface area contributed by atoms with Crippen LogP contribution in [0.5, 0.6) is 5.75 Å². The van der Waals surface area contributed by atoms with E-state index in [0.29, 0.717) is 18.5 Å². The van der Waals surface area contributed by atoms with Crippen molar-refractivity contribution in [3.05, 3.63) is 41.5 Å². The van der Waals surface area contributed by atoms with Crippen LogP contribution in [-0.2, 0) is 6.42 Å². The summed E-state index contributed by atoms with van der Waals surface area (Å²) in [6, 6.07) is 2.50. The van der Waals surface area contributed by atoms with Crippen LogP contribution in [0.25, 0.3) is 0 Å². The first-order valence-corrected chi connectivity index (χ1v) is 5.11. The Morgan fingerprint density at radius 1 is 1.31 bits per heavy atom. The third-order valence-corrected chi connectivity index (χ3v) is 2.05. The highest BCUT2D eigenvalue weighted by Gasteiger charge is 2.11. The van der Waals surface area contributed by atoms with Gasteiger partial charge < -0.3 is 10.5 Å². The van der Waals surface area contributed by atoms with Crippen LogP contribution in [0.15, 0.2) is 24.3 Å². The van der Waals surface area contributed by atoms with Crippen LogP contribution in [0, 0.1) is 11.6 Å². The van der Waals surface area contributed by atoms with Crippen LogP contribution >= 0.6 is 0 Å².